The number of aromatic nitrogens is 2. The maximum absolute atomic E-state index is 5.22. The zero-order valence-corrected chi connectivity index (χ0v) is 12.8. The predicted molar refractivity (Wildman–Crippen MR) is 84.0 cm³/mol. The number of nitrogens with one attached hydrogen (secondary N) is 1. The molecule has 0 bridgehead atoms. The van der Waals surface area contributed by atoms with Gasteiger partial charge in [-0.05, 0) is 43.5 Å². The average molecular weight is 285 g/mol. The van der Waals surface area contributed by atoms with Crippen LogP contribution >= 0.6 is 0 Å². The Morgan fingerprint density at radius 3 is 2.67 bits per heavy atom. The van der Waals surface area contributed by atoms with E-state index >= 15 is 0 Å². The van der Waals surface area contributed by atoms with Crippen LogP contribution in [0, 0.1) is 0 Å². The lowest BCUT2D eigenvalue weighted by Crippen LogP contribution is -2.16. The van der Waals surface area contributed by atoms with Gasteiger partial charge >= 0.3 is 0 Å². The van der Waals surface area contributed by atoms with Crippen LogP contribution in [0.4, 0.5) is 0 Å². The fraction of sp³-hybridized carbons (Fsp3) is 0.471. The van der Waals surface area contributed by atoms with E-state index in [0.717, 1.165) is 36.9 Å². The Morgan fingerprint density at radius 2 is 2.05 bits per heavy atom. The maximum Gasteiger partial charge on any atom is 0.119 e. The maximum atomic E-state index is 5.22. The van der Waals surface area contributed by atoms with E-state index in [-0.39, 0.29) is 0 Å². The van der Waals surface area contributed by atoms with Crippen LogP contribution in [0.25, 0.3) is 5.69 Å². The van der Waals surface area contributed by atoms with Gasteiger partial charge in [0.15, 0.2) is 0 Å². The third-order valence-electron chi connectivity index (χ3n) is 3.92. The Bertz CT molecular complexity index is 585. The molecule has 0 unspecified atom stereocenters. The van der Waals surface area contributed by atoms with Gasteiger partial charge in [0.1, 0.15) is 5.75 Å². The Hall–Kier alpha value is -1.81. The zero-order valence-electron chi connectivity index (χ0n) is 12.8. The van der Waals surface area contributed by atoms with Crippen molar-refractivity contribution in [2.24, 2.45) is 0 Å². The largest absolute Gasteiger partial charge is 0.497 e. The van der Waals surface area contributed by atoms with Gasteiger partial charge in [0, 0.05) is 23.8 Å². The van der Waals surface area contributed by atoms with Gasteiger partial charge in [-0.1, -0.05) is 13.3 Å². The number of ether oxygens (including phenoxy) is 1. The molecule has 1 aliphatic rings. The van der Waals surface area contributed by atoms with Crippen LogP contribution in [0.5, 0.6) is 5.75 Å². The molecule has 1 fully saturated rings. The van der Waals surface area contributed by atoms with Crippen molar-refractivity contribution in [2.45, 2.75) is 45.2 Å². The van der Waals surface area contributed by atoms with Crippen LogP contribution in [-0.2, 0) is 13.0 Å². The second-order valence-electron chi connectivity index (χ2n) is 5.63. The van der Waals surface area contributed by atoms with Gasteiger partial charge in [-0.15, -0.1) is 0 Å². The third kappa shape index (κ3) is 3.27. The molecular formula is C17H23N3O. The van der Waals surface area contributed by atoms with E-state index in [1.165, 1.54) is 24.1 Å². The van der Waals surface area contributed by atoms with Gasteiger partial charge in [-0.3, -0.25) is 0 Å². The molecule has 4 heteroatoms. The summed E-state index contributed by atoms with van der Waals surface area (Å²) < 4.78 is 7.28. The summed E-state index contributed by atoms with van der Waals surface area (Å²) in [6.07, 6.45) is 6.81. The molecule has 0 saturated heterocycles. The van der Waals surface area contributed by atoms with Gasteiger partial charge in [0.05, 0.1) is 19.0 Å². The topological polar surface area (TPSA) is 39.1 Å². The van der Waals surface area contributed by atoms with Gasteiger partial charge in [-0.2, -0.15) is 5.10 Å². The van der Waals surface area contributed by atoms with E-state index in [1.54, 1.807) is 7.11 Å². The van der Waals surface area contributed by atoms with E-state index in [9.17, 15) is 0 Å². The zero-order chi connectivity index (χ0) is 14.7. The number of rotatable bonds is 7. The molecule has 1 N–H and O–H groups in total. The lowest BCUT2D eigenvalue weighted by Gasteiger charge is -2.10. The number of hydrogen-bond acceptors (Lipinski definition) is 3. The second kappa shape index (κ2) is 6.31. The first-order valence-corrected chi connectivity index (χ1v) is 7.75. The van der Waals surface area contributed by atoms with Crippen LogP contribution in [0.1, 0.15) is 37.4 Å². The molecule has 0 spiro atoms. The fourth-order valence-corrected chi connectivity index (χ4v) is 2.55. The summed E-state index contributed by atoms with van der Waals surface area (Å²) in [6, 6.07) is 8.81. The van der Waals surface area contributed by atoms with Crippen LogP contribution in [0.2, 0.25) is 0 Å². The van der Waals surface area contributed by atoms with E-state index < -0.39 is 0 Å². The Balaban J connectivity index is 1.84. The number of nitrogens with zero attached hydrogens (tertiary/aromatic N) is 2. The molecular weight excluding hydrogens is 262 g/mol. The first-order chi connectivity index (χ1) is 10.3. The average Bonchev–Trinajstić information content (AvgIpc) is 3.27. The molecule has 1 aromatic heterocycles. The fourth-order valence-electron chi connectivity index (χ4n) is 2.55. The Kier molecular flexibility index (Phi) is 4.25. The molecule has 21 heavy (non-hydrogen) atoms. The van der Waals surface area contributed by atoms with Crippen LogP contribution in [-0.4, -0.2) is 22.9 Å². The van der Waals surface area contributed by atoms with Gasteiger partial charge < -0.3 is 10.1 Å². The SMILES string of the molecule is CCCc1c(CNC2CC2)cnn1-c1ccc(OC)cc1. The van der Waals surface area contributed by atoms with Crippen molar-refractivity contribution in [1.29, 1.82) is 0 Å². The summed E-state index contributed by atoms with van der Waals surface area (Å²) in [6.45, 7) is 3.14. The molecule has 3 rings (SSSR count). The minimum absolute atomic E-state index is 0.726. The third-order valence-corrected chi connectivity index (χ3v) is 3.92. The van der Waals surface area contributed by atoms with Crippen molar-refractivity contribution < 1.29 is 4.74 Å². The smallest absolute Gasteiger partial charge is 0.119 e. The minimum atomic E-state index is 0.726. The Labute approximate surface area is 126 Å². The molecule has 112 valence electrons. The summed E-state index contributed by atoms with van der Waals surface area (Å²) in [5.74, 6) is 0.874. The van der Waals surface area contributed by atoms with E-state index in [2.05, 4.69) is 34.2 Å². The number of methoxy groups -OCH3 is 1. The van der Waals surface area contributed by atoms with E-state index in [1.807, 2.05) is 18.3 Å². The van der Waals surface area contributed by atoms with Crippen molar-refractivity contribution >= 4 is 0 Å². The van der Waals surface area contributed by atoms with Gasteiger partial charge in [0.2, 0.25) is 0 Å². The summed E-state index contributed by atoms with van der Waals surface area (Å²) >= 11 is 0. The highest BCUT2D eigenvalue weighted by molar-refractivity contribution is 5.39. The Morgan fingerprint density at radius 1 is 1.29 bits per heavy atom. The number of benzene rings is 1. The normalized spacial score (nSPS) is 14.4. The van der Waals surface area contributed by atoms with Crippen LogP contribution in [0.3, 0.4) is 0 Å². The summed E-state index contributed by atoms with van der Waals surface area (Å²) in [4.78, 5) is 0. The molecule has 0 aliphatic heterocycles. The van der Waals surface area contributed by atoms with Crippen molar-refractivity contribution in [3.05, 3.63) is 41.7 Å². The quantitative estimate of drug-likeness (QED) is 0.849. The monoisotopic (exact) mass is 285 g/mol. The minimum Gasteiger partial charge on any atom is -0.497 e. The summed E-state index contributed by atoms with van der Waals surface area (Å²) in [5.41, 5.74) is 3.73. The molecule has 1 heterocycles. The van der Waals surface area contributed by atoms with Crippen LogP contribution in [0.15, 0.2) is 30.5 Å². The lowest BCUT2D eigenvalue weighted by molar-refractivity contribution is 0.414. The highest BCUT2D eigenvalue weighted by Gasteiger charge is 2.21. The molecule has 0 radical (unpaired) electrons. The molecule has 1 saturated carbocycles. The predicted octanol–water partition coefficient (Wildman–Crippen LogP) is 3.09. The highest BCUT2D eigenvalue weighted by atomic mass is 16.5. The molecule has 1 aromatic carbocycles. The van der Waals surface area contributed by atoms with Crippen molar-refractivity contribution in [3.63, 3.8) is 0 Å². The van der Waals surface area contributed by atoms with Crippen LogP contribution < -0.4 is 10.1 Å². The van der Waals surface area contributed by atoms with E-state index in [4.69, 9.17) is 4.74 Å². The van der Waals surface area contributed by atoms with Crippen molar-refractivity contribution in [1.82, 2.24) is 15.1 Å². The molecule has 0 atom stereocenters. The van der Waals surface area contributed by atoms with Gasteiger partial charge in [-0.25, -0.2) is 4.68 Å². The molecule has 1 aliphatic carbocycles. The van der Waals surface area contributed by atoms with Gasteiger partial charge in [0.25, 0.3) is 0 Å². The highest BCUT2D eigenvalue weighted by Crippen LogP contribution is 2.22. The molecule has 4 nitrogen and oxygen atoms in total. The van der Waals surface area contributed by atoms with E-state index in [0.29, 0.717) is 0 Å². The lowest BCUT2D eigenvalue weighted by atomic mass is 10.1. The van der Waals surface area contributed by atoms with Crippen molar-refractivity contribution in [2.75, 3.05) is 7.11 Å². The first-order valence-electron chi connectivity index (χ1n) is 7.75. The summed E-state index contributed by atoms with van der Waals surface area (Å²) in [5, 5.41) is 8.18. The molecule has 0 amide bonds. The molecule has 2 aromatic rings. The summed E-state index contributed by atoms with van der Waals surface area (Å²) in [7, 11) is 1.69. The number of hydrogen-bond donors (Lipinski definition) is 1. The van der Waals surface area contributed by atoms with Crippen molar-refractivity contribution in [3.8, 4) is 11.4 Å². The second-order valence-corrected chi connectivity index (χ2v) is 5.63. The first kappa shape index (κ1) is 14.1. The standard InChI is InChI=1S/C17H23N3O/c1-3-4-17-13(11-18-14-5-6-14)12-19-20(17)15-7-9-16(21-2)10-8-15/h7-10,12,14,18H,3-6,11H2,1-2H3.